The molecule has 0 atom stereocenters. The maximum absolute atomic E-state index is 12.6. The van der Waals surface area contributed by atoms with Crippen molar-refractivity contribution < 1.29 is 13.2 Å². The summed E-state index contributed by atoms with van der Waals surface area (Å²) in [6.45, 7) is 1.64. The SMILES string of the molecule is CN(Cc1ccc(Cl)s1)C(=O)CSc1ccc(S(=O)(=O)N2CCCCC2)cn1. The summed E-state index contributed by atoms with van der Waals surface area (Å²) in [6, 6.07) is 6.96. The smallest absolute Gasteiger partial charge is 0.244 e. The first-order valence-electron chi connectivity index (χ1n) is 8.93. The van der Waals surface area contributed by atoms with E-state index in [1.165, 1.54) is 33.6 Å². The number of piperidine rings is 1. The third-order valence-corrected chi connectivity index (χ3v) is 8.48. The number of rotatable bonds is 7. The second-order valence-corrected chi connectivity index (χ2v) is 11.3. The van der Waals surface area contributed by atoms with Crippen LogP contribution in [0.25, 0.3) is 0 Å². The Hall–Kier alpha value is -1.13. The van der Waals surface area contributed by atoms with Gasteiger partial charge in [-0.2, -0.15) is 4.31 Å². The number of hydrogen-bond acceptors (Lipinski definition) is 6. The standard InChI is InChI=1S/C18H22ClN3O3S3/c1-21(12-14-5-7-16(19)27-14)18(23)13-26-17-8-6-15(11-20-17)28(24,25)22-9-3-2-4-10-22/h5-8,11H,2-4,9-10,12-13H2,1H3. The predicted octanol–water partition coefficient (Wildman–Crippen LogP) is 3.72. The maximum atomic E-state index is 12.6. The topological polar surface area (TPSA) is 70.6 Å². The summed E-state index contributed by atoms with van der Waals surface area (Å²) in [5.74, 6) is 0.210. The summed E-state index contributed by atoms with van der Waals surface area (Å²) < 4.78 is 27.5. The van der Waals surface area contributed by atoms with E-state index >= 15 is 0 Å². The number of nitrogens with zero attached hydrogens (tertiary/aromatic N) is 3. The Bertz CT molecular complexity index is 910. The van der Waals surface area contributed by atoms with Crippen LogP contribution >= 0.6 is 34.7 Å². The molecule has 0 saturated carbocycles. The lowest BCUT2D eigenvalue weighted by atomic mass is 10.2. The van der Waals surface area contributed by atoms with Crippen molar-refractivity contribution in [3.63, 3.8) is 0 Å². The molecule has 3 heterocycles. The van der Waals surface area contributed by atoms with Gasteiger partial charge in [-0.15, -0.1) is 11.3 Å². The van der Waals surface area contributed by atoms with Crippen LogP contribution in [0.2, 0.25) is 4.34 Å². The largest absolute Gasteiger partial charge is 0.340 e. The Balaban J connectivity index is 1.54. The van der Waals surface area contributed by atoms with Crippen LogP contribution in [0.15, 0.2) is 40.4 Å². The van der Waals surface area contributed by atoms with Crippen molar-refractivity contribution in [3.05, 3.63) is 39.7 Å². The molecular weight excluding hydrogens is 438 g/mol. The second-order valence-electron chi connectivity index (χ2n) is 6.54. The van der Waals surface area contributed by atoms with Crippen LogP contribution in [-0.4, -0.2) is 54.4 Å². The van der Waals surface area contributed by atoms with E-state index in [9.17, 15) is 13.2 Å². The number of hydrogen-bond donors (Lipinski definition) is 0. The first kappa shape index (κ1) is 21.6. The lowest BCUT2D eigenvalue weighted by molar-refractivity contribution is -0.127. The third kappa shape index (κ3) is 5.48. The van der Waals surface area contributed by atoms with Gasteiger partial charge in [0.25, 0.3) is 0 Å². The molecule has 1 fully saturated rings. The van der Waals surface area contributed by atoms with Gasteiger partial charge in [0.05, 0.1) is 21.7 Å². The van der Waals surface area contributed by atoms with E-state index in [0.717, 1.165) is 24.1 Å². The van der Waals surface area contributed by atoms with Crippen molar-refractivity contribution in [1.82, 2.24) is 14.2 Å². The Morgan fingerprint density at radius 3 is 2.61 bits per heavy atom. The van der Waals surface area contributed by atoms with Gasteiger partial charge in [0.2, 0.25) is 15.9 Å². The van der Waals surface area contributed by atoms with Crippen LogP contribution in [0.3, 0.4) is 0 Å². The Kier molecular flexibility index (Phi) is 7.38. The minimum Gasteiger partial charge on any atom is -0.340 e. The second kappa shape index (κ2) is 9.58. The van der Waals surface area contributed by atoms with Crippen molar-refractivity contribution in [3.8, 4) is 0 Å². The summed E-state index contributed by atoms with van der Waals surface area (Å²) in [7, 11) is -1.73. The third-order valence-electron chi connectivity index (χ3n) is 4.45. The minimum absolute atomic E-state index is 0.0265. The molecule has 6 nitrogen and oxygen atoms in total. The van der Waals surface area contributed by atoms with E-state index < -0.39 is 10.0 Å². The van der Waals surface area contributed by atoms with E-state index in [2.05, 4.69) is 4.98 Å². The maximum Gasteiger partial charge on any atom is 0.244 e. The van der Waals surface area contributed by atoms with Gasteiger partial charge in [-0.1, -0.05) is 29.8 Å². The molecule has 1 aliphatic heterocycles. The molecular formula is C18H22ClN3O3S3. The highest BCUT2D eigenvalue weighted by molar-refractivity contribution is 7.99. The highest BCUT2D eigenvalue weighted by atomic mass is 35.5. The fourth-order valence-corrected chi connectivity index (χ4v) is 6.25. The molecule has 0 bridgehead atoms. The number of pyridine rings is 1. The zero-order valence-electron chi connectivity index (χ0n) is 15.5. The zero-order valence-corrected chi connectivity index (χ0v) is 18.7. The van der Waals surface area contributed by atoms with Gasteiger partial charge < -0.3 is 4.90 Å². The van der Waals surface area contributed by atoms with Crippen LogP contribution in [0.5, 0.6) is 0 Å². The average molecular weight is 460 g/mol. The molecule has 28 heavy (non-hydrogen) atoms. The van der Waals surface area contributed by atoms with Crippen molar-refractivity contribution in [2.24, 2.45) is 0 Å². The Morgan fingerprint density at radius 2 is 2.00 bits per heavy atom. The van der Waals surface area contributed by atoms with Gasteiger partial charge in [-0.3, -0.25) is 4.79 Å². The summed E-state index contributed by atoms with van der Waals surface area (Å²) in [5.41, 5.74) is 0. The number of thiophene rings is 1. The van der Waals surface area contributed by atoms with E-state index in [-0.39, 0.29) is 16.6 Å². The molecule has 0 N–H and O–H groups in total. The van der Waals surface area contributed by atoms with E-state index in [1.54, 1.807) is 24.1 Å². The van der Waals surface area contributed by atoms with Crippen molar-refractivity contribution in [1.29, 1.82) is 0 Å². The van der Waals surface area contributed by atoms with Crippen LogP contribution in [0.1, 0.15) is 24.1 Å². The van der Waals surface area contributed by atoms with E-state index in [4.69, 9.17) is 11.6 Å². The summed E-state index contributed by atoms with van der Waals surface area (Å²) >= 11 is 8.66. The van der Waals surface area contributed by atoms with Crippen LogP contribution in [0, 0.1) is 0 Å². The minimum atomic E-state index is -3.48. The van der Waals surface area contributed by atoms with Gasteiger partial charge in [0.1, 0.15) is 4.90 Å². The van der Waals surface area contributed by atoms with Gasteiger partial charge in [-0.25, -0.2) is 13.4 Å². The molecule has 0 unspecified atom stereocenters. The molecule has 2 aromatic heterocycles. The molecule has 152 valence electrons. The molecule has 0 aromatic carbocycles. The van der Waals surface area contributed by atoms with Gasteiger partial charge in [0, 0.05) is 31.2 Å². The number of sulfonamides is 1. The van der Waals surface area contributed by atoms with Crippen molar-refractivity contribution in [2.75, 3.05) is 25.9 Å². The van der Waals surface area contributed by atoms with Gasteiger partial charge >= 0.3 is 0 Å². The van der Waals surface area contributed by atoms with Crippen LogP contribution in [-0.2, 0) is 21.4 Å². The number of thioether (sulfide) groups is 1. The molecule has 1 saturated heterocycles. The number of aromatic nitrogens is 1. The fraction of sp³-hybridized carbons (Fsp3) is 0.444. The summed E-state index contributed by atoms with van der Waals surface area (Å²) in [5, 5.41) is 0.624. The zero-order chi connectivity index (χ0) is 20.1. The highest BCUT2D eigenvalue weighted by Gasteiger charge is 2.26. The lowest BCUT2D eigenvalue weighted by Gasteiger charge is -2.25. The Labute approximate surface area is 178 Å². The lowest BCUT2D eigenvalue weighted by Crippen LogP contribution is -2.35. The molecule has 0 radical (unpaired) electrons. The van der Waals surface area contributed by atoms with Gasteiger partial charge in [-0.05, 0) is 37.1 Å². The molecule has 1 aliphatic rings. The highest BCUT2D eigenvalue weighted by Crippen LogP contribution is 2.24. The fourth-order valence-electron chi connectivity index (χ4n) is 2.86. The molecule has 10 heteroatoms. The quantitative estimate of drug-likeness (QED) is 0.590. The van der Waals surface area contributed by atoms with Crippen molar-refractivity contribution in [2.45, 2.75) is 35.7 Å². The van der Waals surface area contributed by atoms with E-state index in [0.29, 0.717) is 29.0 Å². The molecule has 3 rings (SSSR count). The van der Waals surface area contributed by atoms with Gasteiger partial charge in [0.15, 0.2) is 0 Å². The first-order valence-corrected chi connectivity index (χ1v) is 12.6. The molecule has 1 amide bonds. The van der Waals surface area contributed by atoms with Crippen LogP contribution < -0.4 is 0 Å². The molecule has 0 spiro atoms. The van der Waals surface area contributed by atoms with Crippen LogP contribution in [0.4, 0.5) is 0 Å². The predicted molar refractivity (Wildman–Crippen MR) is 113 cm³/mol. The normalized spacial score (nSPS) is 15.5. The number of halogens is 1. The monoisotopic (exact) mass is 459 g/mol. The summed E-state index contributed by atoms with van der Waals surface area (Å²) in [6.07, 6.45) is 4.25. The molecule has 2 aromatic rings. The Morgan fingerprint density at radius 1 is 1.25 bits per heavy atom. The summed E-state index contributed by atoms with van der Waals surface area (Å²) in [4.78, 5) is 19.4. The average Bonchev–Trinajstić information content (AvgIpc) is 3.11. The number of carbonyl (C=O) groups excluding carboxylic acids is 1. The van der Waals surface area contributed by atoms with Crippen molar-refractivity contribution >= 4 is 50.6 Å². The number of amides is 1. The number of carbonyl (C=O) groups is 1. The molecule has 0 aliphatic carbocycles. The van der Waals surface area contributed by atoms with E-state index in [1.807, 2.05) is 12.1 Å². The first-order chi connectivity index (χ1) is 13.4.